The standard InChI is InChI=1S/C12H13N5O3/c13-12(18)8-1-2-10(17(19)20)9(7-8)14-4-3-11-15-5-6-16-11/h1-2,5-7,14H,3-4H2,(H2,13,18)(H,15,16). The van der Waals surface area contributed by atoms with Crippen molar-refractivity contribution in [1.29, 1.82) is 0 Å². The molecule has 1 heterocycles. The highest BCUT2D eigenvalue weighted by molar-refractivity contribution is 5.94. The number of H-pyrrole nitrogens is 1. The van der Waals surface area contributed by atoms with Gasteiger partial charge in [0.05, 0.1) is 4.92 Å². The predicted molar refractivity (Wildman–Crippen MR) is 72.4 cm³/mol. The molecule has 104 valence electrons. The van der Waals surface area contributed by atoms with E-state index in [1.54, 1.807) is 12.4 Å². The van der Waals surface area contributed by atoms with Crippen molar-refractivity contribution >= 4 is 17.3 Å². The Kier molecular flexibility index (Phi) is 3.94. The summed E-state index contributed by atoms with van der Waals surface area (Å²) in [7, 11) is 0. The van der Waals surface area contributed by atoms with Crippen LogP contribution in [0.15, 0.2) is 30.6 Å². The molecule has 0 aliphatic heterocycles. The van der Waals surface area contributed by atoms with Crippen LogP contribution in [0.4, 0.5) is 11.4 Å². The lowest BCUT2D eigenvalue weighted by atomic mass is 10.1. The number of primary amides is 1. The number of amides is 1. The first kappa shape index (κ1) is 13.5. The lowest BCUT2D eigenvalue weighted by Crippen LogP contribution is -2.13. The molecule has 0 saturated carbocycles. The number of nitro groups is 1. The van der Waals surface area contributed by atoms with E-state index < -0.39 is 10.8 Å². The molecule has 2 rings (SSSR count). The van der Waals surface area contributed by atoms with Crippen LogP contribution in [0, 0.1) is 10.1 Å². The van der Waals surface area contributed by atoms with Gasteiger partial charge in [-0.25, -0.2) is 4.98 Å². The van der Waals surface area contributed by atoms with Crippen molar-refractivity contribution in [3.8, 4) is 0 Å². The van der Waals surface area contributed by atoms with Crippen LogP contribution < -0.4 is 11.1 Å². The molecule has 0 atom stereocenters. The molecular weight excluding hydrogens is 262 g/mol. The summed E-state index contributed by atoms with van der Waals surface area (Å²) in [6.45, 7) is 0.441. The van der Waals surface area contributed by atoms with Crippen molar-refractivity contribution in [2.24, 2.45) is 5.73 Å². The van der Waals surface area contributed by atoms with Crippen molar-refractivity contribution in [3.63, 3.8) is 0 Å². The minimum atomic E-state index is -0.631. The van der Waals surface area contributed by atoms with Gasteiger partial charge >= 0.3 is 0 Å². The van der Waals surface area contributed by atoms with Gasteiger partial charge in [0, 0.05) is 37.0 Å². The molecule has 1 amide bonds. The van der Waals surface area contributed by atoms with Crippen LogP contribution in [0.25, 0.3) is 0 Å². The van der Waals surface area contributed by atoms with Crippen molar-refractivity contribution in [1.82, 2.24) is 9.97 Å². The summed E-state index contributed by atoms with van der Waals surface area (Å²) in [6.07, 6.45) is 3.90. The number of carbonyl (C=O) groups is 1. The summed E-state index contributed by atoms with van der Waals surface area (Å²) < 4.78 is 0. The molecule has 0 aliphatic rings. The molecule has 1 aromatic carbocycles. The average Bonchev–Trinajstić information content (AvgIpc) is 2.91. The van der Waals surface area contributed by atoms with E-state index in [0.29, 0.717) is 13.0 Å². The van der Waals surface area contributed by atoms with Crippen LogP contribution in [-0.4, -0.2) is 27.3 Å². The molecule has 8 heteroatoms. The third kappa shape index (κ3) is 3.10. The lowest BCUT2D eigenvalue weighted by molar-refractivity contribution is -0.384. The van der Waals surface area contributed by atoms with Crippen LogP contribution in [0.1, 0.15) is 16.2 Å². The monoisotopic (exact) mass is 275 g/mol. The average molecular weight is 275 g/mol. The van der Waals surface area contributed by atoms with E-state index in [0.717, 1.165) is 5.82 Å². The second-order valence-corrected chi connectivity index (χ2v) is 4.07. The maximum Gasteiger partial charge on any atom is 0.292 e. The van der Waals surface area contributed by atoms with E-state index >= 15 is 0 Å². The Labute approximate surface area is 114 Å². The largest absolute Gasteiger partial charge is 0.379 e. The fourth-order valence-corrected chi connectivity index (χ4v) is 1.74. The SMILES string of the molecule is NC(=O)c1ccc([N+](=O)[O-])c(NCCc2ncc[nH]2)c1. The van der Waals surface area contributed by atoms with Crippen LogP contribution in [-0.2, 0) is 6.42 Å². The minimum absolute atomic E-state index is 0.102. The molecule has 0 fully saturated rings. The summed E-state index contributed by atoms with van der Waals surface area (Å²) >= 11 is 0. The van der Waals surface area contributed by atoms with Gasteiger partial charge in [-0.1, -0.05) is 0 Å². The second-order valence-electron chi connectivity index (χ2n) is 4.07. The Morgan fingerprint density at radius 3 is 2.90 bits per heavy atom. The summed E-state index contributed by atoms with van der Waals surface area (Å²) in [4.78, 5) is 28.5. The first-order chi connectivity index (χ1) is 9.58. The number of nitro benzene ring substituents is 1. The van der Waals surface area contributed by atoms with Gasteiger partial charge in [-0.15, -0.1) is 0 Å². The third-order valence-electron chi connectivity index (χ3n) is 2.71. The molecule has 0 radical (unpaired) electrons. The molecule has 1 aromatic heterocycles. The van der Waals surface area contributed by atoms with Crippen LogP contribution in [0.5, 0.6) is 0 Å². The first-order valence-corrected chi connectivity index (χ1v) is 5.88. The Hall–Kier alpha value is -2.90. The highest BCUT2D eigenvalue weighted by atomic mass is 16.6. The highest BCUT2D eigenvalue weighted by Crippen LogP contribution is 2.25. The zero-order chi connectivity index (χ0) is 14.5. The van der Waals surface area contributed by atoms with Crippen molar-refractivity contribution in [2.75, 3.05) is 11.9 Å². The van der Waals surface area contributed by atoms with Crippen molar-refractivity contribution < 1.29 is 9.72 Å². The molecule has 0 bridgehead atoms. The van der Waals surface area contributed by atoms with Gasteiger partial charge in [0.1, 0.15) is 11.5 Å². The molecule has 0 spiro atoms. The number of hydrogen-bond donors (Lipinski definition) is 3. The molecule has 0 saturated heterocycles. The summed E-state index contributed by atoms with van der Waals surface area (Å²) in [5.74, 6) is 0.139. The fraction of sp³-hybridized carbons (Fsp3) is 0.167. The Morgan fingerprint density at radius 1 is 1.50 bits per heavy atom. The number of aromatic nitrogens is 2. The fourth-order valence-electron chi connectivity index (χ4n) is 1.74. The normalized spacial score (nSPS) is 10.2. The number of carbonyl (C=O) groups excluding carboxylic acids is 1. The van der Waals surface area contributed by atoms with Crippen LogP contribution in [0.2, 0.25) is 0 Å². The van der Waals surface area contributed by atoms with E-state index in [1.807, 2.05) is 0 Å². The third-order valence-corrected chi connectivity index (χ3v) is 2.71. The maximum absolute atomic E-state index is 11.1. The number of aromatic amines is 1. The number of nitrogens with one attached hydrogen (secondary N) is 2. The molecule has 2 aromatic rings. The number of rotatable bonds is 6. The van der Waals surface area contributed by atoms with Gasteiger partial charge in [-0.3, -0.25) is 14.9 Å². The number of nitrogens with two attached hydrogens (primary N) is 1. The van der Waals surface area contributed by atoms with Crippen molar-refractivity contribution in [2.45, 2.75) is 6.42 Å². The zero-order valence-corrected chi connectivity index (χ0v) is 10.5. The van der Waals surface area contributed by atoms with Gasteiger partial charge < -0.3 is 16.0 Å². The van der Waals surface area contributed by atoms with E-state index in [-0.39, 0.29) is 16.9 Å². The molecule has 20 heavy (non-hydrogen) atoms. The van der Waals surface area contributed by atoms with Crippen LogP contribution >= 0.6 is 0 Å². The Bertz CT molecular complexity index is 624. The van der Waals surface area contributed by atoms with E-state index in [9.17, 15) is 14.9 Å². The molecular formula is C12H13N5O3. The van der Waals surface area contributed by atoms with E-state index in [2.05, 4.69) is 15.3 Å². The van der Waals surface area contributed by atoms with Crippen LogP contribution in [0.3, 0.4) is 0 Å². The smallest absolute Gasteiger partial charge is 0.292 e. The molecule has 0 aliphatic carbocycles. The number of nitrogens with zero attached hydrogens (tertiary/aromatic N) is 2. The zero-order valence-electron chi connectivity index (χ0n) is 10.5. The minimum Gasteiger partial charge on any atom is -0.379 e. The van der Waals surface area contributed by atoms with Gasteiger partial charge in [0.15, 0.2) is 0 Å². The number of benzene rings is 1. The topological polar surface area (TPSA) is 127 Å². The lowest BCUT2D eigenvalue weighted by Gasteiger charge is -2.07. The van der Waals surface area contributed by atoms with Gasteiger partial charge in [-0.2, -0.15) is 0 Å². The van der Waals surface area contributed by atoms with E-state index in [4.69, 9.17) is 5.73 Å². The van der Waals surface area contributed by atoms with E-state index in [1.165, 1.54) is 18.2 Å². The highest BCUT2D eigenvalue weighted by Gasteiger charge is 2.15. The number of anilines is 1. The summed E-state index contributed by atoms with van der Waals surface area (Å²) in [6, 6.07) is 3.97. The van der Waals surface area contributed by atoms with Gasteiger partial charge in [-0.05, 0) is 12.1 Å². The Balaban J connectivity index is 2.13. The second kappa shape index (κ2) is 5.83. The summed E-state index contributed by atoms with van der Waals surface area (Å²) in [5, 5.41) is 13.8. The first-order valence-electron chi connectivity index (χ1n) is 5.88. The molecule has 4 N–H and O–H groups in total. The number of imidazole rings is 1. The van der Waals surface area contributed by atoms with Crippen molar-refractivity contribution in [3.05, 3.63) is 52.1 Å². The van der Waals surface area contributed by atoms with Gasteiger partial charge in [0.25, 0.3) is 5.69 Å². The number of hydrogen-bond acceptors (Lipinski definition) is 5. The predicted octanol–water partition coefficient (Wildman–Crippen LogP) is 1.07. The Morgan fingerprint density at radius 2 is 2.30 bits per heavy atom. The van der Waals surface area contributed by atoms with Gasteiger partial charge in [0.2, 0.25) is 5.91 Å². The quantitative estimate of drug-likeness (QED) is 0.536. The summed E-state index contributed by atoms with van der Waals surface area (Å²) in [5.41, 5.74) is 5.54. The molecule has 8 nitrogen and oxygen atoms in total. The molecule has 0 unspecified atom stereocenters. The maximum atomic E-state index is 11.1.